The van der Waals surface area contributed by atoms with Gasteiger partial charge in [-0.25, -0.2) is 0 Å². The van der Waals surface area contributed by atoms with Crippen molar-refractivity contribution in [2.24, 2.45) is 0 Å². The van der Waals surface area contributed by atoms with Crippen molar-refractivity contribution in [1.29, 1.82) is 0 Å². The molecular formula is C12H15ClN2O2. The molecule has 1 aliphatic heterocycles. The van der Waals surface area contributed by atoms with Crippen LogP contribution in [-0.2, 0) is 15.0 Å². The number of amides is 2. The van der Waals surface area contributed by atoms with Crippen molar-refractivity contribution in [3.8, 4) is 0 Å². The Bertz CT molecular complexity index is 404. The summed E-state index contributed by atoms with van der Waals surface area (Å²) in [6, 6.07) is 9.16. The van der Waals surface area contributed by atoms with Crippen molar-refractivity contribution >= 4 is 24.2 Å². The summed E-state index contributed by atoms with van der Waals surface area (Å²) in [5.74, 6) is -0.435. The Morgan fingerprint density at radius 2 is 1.65 bits per heavy atom. The normalized spacial score (nSPS) is 17.7. The summed E-state index contributed by atoms with van der Waals surface area (Å²) < 4.78 is 0. The second-order valence-electron chi connectivity index (χ2n) is 3.81. The summed E-state index contributed by atoms with van der Waals surface area (Å²) in [6.45, 7) is 2.06. The Labute approximate surface area is 106 Å². The molecule has 0 unspecified atom stereocenters. The van der Waals surface area contributed by atoms with Crippen LogP contribution in [0.5, 0.6) is 0 Å². The number of benzene rings is 1. The summed E-state index contributed by atoms with van der Waals surface area (Å²) in [4.78, 5) is 24.0. The van der Waals surface area contributed by atoms with Gasteiger partial charge in [-0.2, -0.15) is 0 Å². The smallest absolute Gasteiger partial charge is 0.241 e. The number of nitrogens with one attached hydrogen (secondary N) is 2. The van der Waals surface area contributed by atoms with Crippen LogP contribution < -0.4 is 10.6 Å². The van der Waals surface area contributed by atoms with Crippen molar-refractivity contribution in [2.75, 3.05) is 6.67 Å². The highest BCUT2D eigenvalue weighted by molar-refractivity contribution is 6.12. The van der Waals surface area contributed by atoms with Crippen LogP contribution in [0.15, 0.2) is 30.3 Å². The van der Waals surface area contributed by atoms with Crippen molar-refractivity contribution in [1.82, 2.24) is 10.6 Å². The Kier molecular flexibility index (Phi) is 4.12. The SMILES string of the molecule is CCC1(c2ccccc2)C(=O)NCNC1=O.Cl. The number of hydrogen-bond donors (Lipinski definition) is 2. The molecule has 2 amide bonds. The largest absolute Gasteiger partial charge is 0.337 e. The molecule has 5 heteroatoms. The first-order valence-corrected chi connectivity index (χ1v) is 5.34. The van der Waals surface area contributed by atoms with E-state index in [9.17, 15) is 9.59 Å². The van der Waals surface area contributed by atoms with Crippen LogP contribution in [0, 0.1) is 0 Å². The van der Waals surface area contributed by atoms with Crippen LogP contribution in [0.1, 0.15) is 18.9 Å². The van der Waals surface area contributed by atoms with Gasteiger partial charge in [-0.05, 0) is 12.0 Å². The van der Waals surface area contributed by atoms with E-state index in [1.54, 1.807) is 0 Å². The lowest BCUT2D eigenvalue weighted by molar-refractivity contribution is -0.141. The van der Waals surface area contributed by atoms with E-state index in [2.05, 4.69) is 10.6 Å². The van der Waals surface area contributed by atoms with E-state index >= 15 is 0 Å². The first-order chi connectivity index (χ1) is 7.71. The van der Waals surface area contributed by atoms with E-state index in [4.69, 9.17) is 0 Å². The van der Waals surface area contributed by atoms with Crippen LogP contribution in [0.2, 0.25) is 0 Å². The second kappa shape index (κ2) is 5.19. The van der Waals surface area contributed by atoms with E-state index < -0.39 is 5.41 Å². The quantitative estimate of drug-likeness (QED) is 0.773. The lowest BCUT2D eigenvalue weighted by Crippen LogP contribution is -2.62. The van der Waals surface area contributed by atoms with Gasteiger partial charge in [0.1, 0.15) is 0 Å². The van der Waals surface area contributed by atoms with Gasteiger partial charge in [-0.15, -0.1) is 12.4 Å². The molecular weight excluding hydrogens is 240 g/mol. The number of rotatable bonds is 2. The fraction of sp³-hybridized carbons (Fsp3) is 0.333. The maximum absolute atomic E-state index is 12.0. The molecule has 4 nitrogen and oxygen atoms in total. The lowest BCUT2D eigenvalue weighted by atomic mass is 9.75. The zero-order chi connectivity index (χ0) is 11.6. The third-order valence-electron chi connectivity index (χ3n) is 3.07. The molecule has 1 aromatic carbocycles. The van der Waals surface area contributed by atoms with Gasteiger partial charge in [-0.1, -0.05) is 37.3 Å². The minimum atomic E-state index is -1.07. The summed E-state index contributed by atoms with van der Waals surface area (Å²) in [5, 5.41) is 5.36. The van der Waals surface area contributed by atoms with Crippen molar-refractivity contribution < 1.29 is 9.59 Å². The third kappa shape index (κ3) is 2.00. The van der Waals surface area contributed by atoms with Gasteiger partial charge >= 0.3 is 0 Å². The topological polar surface area (TPSA) is 58.2 Å². The van der Waals surface area contributed by atoms with Crippen molar-refractivity contribution in [3.05, 3.63) is 35.9 Å². The molecule has 1 aliphatic rings. The molecule has 0 atom stereocenters. The molecule has 1 aromatic rings. The minimum Gasteiger partial charge on any atom is -0.337 e. The second-order valence-corrected chi connectivity index (χ2v) is 3.81. The first-order valence-electron chi connectivity index (χ1n) is 5.34. The van der Waals surface area contributed by atoms with Gasteiger partial charge in [0.05, 0.1) is 6.67 Å². The molecule has 1 fully saturated rings. The van der Waals surface area contributed by atoms with Gasteiger partial charge in [0.25, 0.3) is 0 Å². The molecule has 0 saturated carbocycles. The molecule has 17 heavy (non-hydrogen) atoms. The monoisotopic (exact) mass is 254 g/mol. The maximum Gasteiger partial charge on any atom is 0.241 e. The van der Waals surface area contributed by atoms with Crippen LogP contribution in [0.25, 0.3) is 0 Å². The predicted octanol–water partition coefficient (Wildman–Crippen LogP) is 0.960. The average Bonchev–Trinajstić information content (AvgIpc) is 2.31. The molecule has 0 aromatic heterocycles. The summed E-state index contributed by atoms with van der Waals surface area (Å²) in [7, 11) is 0. The molecule has 1 heterocycles. The van der Waals surface area contributed by atoms with Gasteiger partial charge in [0.15, 0.2) is 5.41 Å². The zero-order valence-corrected chi connectivity index (χ0v) is 10.3. The fourth-order valence-electron chi connectivity index (χ4n) is 2.12. The summed E-state index contributed by atoms with van der Waals surface area (Å²) in [6.07, 6.45) is 0.453. The first kappa shape index (κ1) is 13.5. The Morgan fingerprint density at radius 3 is 2.12 bits per heavy atom. The highest BCUT2D eigenvalue weighted by Gasteiger charge is 2.47. The molecule has 0 bridgehead atoms. The Morgan fingerprint density at radius 1 is 1.12 bits per heavy atom. The highest BCUT2D eigenvalue weighted by Crippen LogP contribution is 2.29. The van der Waals surface area contributed by atoms with Gasteiger partial charge < -0.3 is 10.6 Å². The molecule has 0 radical (unpaired) electrons. The highest BCUT2D eigenvalue weighted by atomic mass is 35.5. The van der Waals surface area contributed by atoms with E-state index in [1.807, 2.05) is 37.3 Å². The Hall–Kier alpha value is -1.55. The number of halogens is 1. The van der Waals surface area contributed by atoms with Gasteiger partial charge in [0.2, 0.25) is 11.8 Å². The molecule has 1 saturated heterocycles. The van der Waals surface area contributed by atoms with E-state index in [0.29, 0.717) is 6.42 Å². The van der Waals surface area contributed by atoms with Gasteiger partial charge in [0, 0.05) is 0 Å². The van der Waals surface area contributed by atoms with Crippen molar-refractivity contribution in [2.45, 2.75) is 18.8 Å². The number of carbonyl (C=O) groups excluding carboxylic acids is 2. The van der Waals surface area contributed by atoms with Crippen LogP contribution in [0.3, 0.4) is 0 Å². The molecule has 2 rings (SSSR count). The number of hydrogen-bond acceptors (Lipinski definition) is 2. The zero-order valence-electron chi connectivity index (χ0n) is 9.53. The predicted molar refractivity (Wildman–Crippen MR) is 66.8 cm³/mol. The summed E-state index contributed by atoms with van der Waals surface area (Å²) >= 11 is 0. The van der Waals surface area contributed by atoms with Crippen molar-refractivity contribution in [3.63, 3.8) is 0 Å². The molecule has 92 valence electrons. The van der Waals surface area contributed by atoms with Gasteiger partial charge in [-0.3, -0.25) is 9.59 Å². The Balaban J connectivity index is 0.00000144. The molecule has 0 aliphatic carbocycles. The maximum atomic E-state index is 12.0. The molecule has 0 spiro atoms. The van der Waals surface area contributed by atoms with E-state index in [-0.39, 0.29) is 30.9 Å². The van der Waals surface area contributed by atoms with Crippen LogP contribution in [0.4, 0.5) is 0 Å². The van der Waals surface area contributed by atoms with Crippen LogP contribution >= 0.6 is 12.4 Å². The standard InChI is InChI=1S/C12H14N2O2.ClH/c1-2-12(9-6-4-3-5-7-9)10(15)13-8-14-11(12)16;/h3-7H,2,8H2,1H3,(H,13,15)(H,14,16);1H. The van der Waals surface area contributed by atoms with E-state index in [1.165, 1.54) is 0 Å². The molecule has 2 N–H and O–H groups in total. The minimum absolute atomic E-state index is 0. The third-order valence-corrected chi connectivity index (χ3v) is 3.07. The lowest BCUT2D eigenvalue weighted by Gasteiger charge is -2.34. The fourth-order valence-corrected chi connectivity index (χ4v) is 2.12. The average molecular weight is 255 g/mol. The summed E-state index contributed by atoms with van der Waals surface area (Å²) in [5.41, 5.74) is -0.327. The number of carbonyl (C=O) groups is 2. The van der Waals surface area contributed by atoms with E-state index in [0.717, 1.165) is 5.56 Å². The van der Waals surface area contributed by atoms with Crippen LogP contribution in [-0.4, -0.2) is 18.5 Å².